The molecule has 1 aromatic rings. The zero-order chi connectivity index (χ0) is 6.24. The average Bonchev–Trinajstić information content (AvgIpc) is 1.96. The summed E-state index contributed by atoms with van der Waals surface area (Å²) in [6, 6.07) is 5.72. The molecule has 1 aromatic heterocycles. The van der Waals surface area contributed by atoms with Crippen LogP contribution in [-0.4, -0.2) is 4.98 Å². The summed E-state index contributed by atoms with van der Waals surface area (Å²) < 4.78 is 7.94. The minimum absolute atomic E-state index is 0. The second-order valence-electron chi connectivity index (χ2n) is 1.02. The largest absolute Gasteiger partial charge is 0.265 e. The normalized spacial score (nSPS) is 6.00. The van der Waals surface area contributed by atoms with Crippen LogP contribution in [0.25, 0.3) is 0 Å². The van der Waals surface area contributed by atoms with Crippen molar-refractivity contribution in [3.63, 3.8) is 0 Å². The molecule has 45 valence electrons. The number of hydrogen-bond donors (Lipinski definition) is 1. The van der Waals surface area contributed by atoms with Gasteiger partial charge in [-0.2, -0.15) is 4.55 Å². The first-order valence-electron chi connectivity index (χ1n) is 2.03. The molecule has 2 nitrogen and oxygen atoms in total. The Morgan fingerprint density at radius 1 is 1.00 bits per heavy atom. The van der Waals surface area contributed by atoms with Crippen molar-refractivity contribution in [1.82, 2.24) is 4.98 Å². The van der Waals surface area contributed by atoms with Crippen molar-refractivity contribution in [2.45, 2.75) is 0 Å². The fourth-order valence-corrected chi connectivity index (χ4v) is 0.313. The zero-order valence-electron chi connectivity index (χ0n) is 4.90. The molecule has 0 aromatic carbocycles. The molecule has 0 N–H and O–H groups in total. The first-order valence-corrected chi connectivity index (χ1v) is 2.40. The number of aromatic nitrogens is 1. The zero-order valence-corrected chi connectivity index (χ0v) is 8.76. The fourth-order valence-electron chi connectivity index (χ4n) is 0.313. The third kappa shape index (κ3) is 8.08. The minimum Gasteiger partial charge on any atom is -0.265 e. The average molecular weight is 194 g/mol. The van der Waals surface area contributed by atoms with Crippen molar-refractivity contribution in [2.24, 2.45) is 0 Å². The topological polar surface area (TPSA) is 32.8 Å². The third-order valence-electron chi connectivity index (χ3n) is 0.566. The Bertz CT molecular complexity index is 88.9. The number of nitrogens with zero attached hydrogens (tertiary/aromatic N) is 1. The predicted octanol–water partition coefficient (Wildman–Crippen LogP) is 1.34. The third-order valence-corrected chi connectivity index (χ3v) is 0.566. The first-order chi connectivity index (χ1) is 4.00. The molecule has 0 spiro atoms. The SMILES string of the molecule is [O]S.[Zn].c1ccncc1. The summed E-state index contributed by atoms with van der Waals surface area (Å²) in [7, 11) is 0. The molecule has 0 aliphatic rings. The molecule has 0 aliphatic heterocycles. The molecule has 0 aliphatic carbocycles. The Labute approximate surface area is 72.7 Å². The molecule has 0 saturated heterocycles. The molecule has 1 radical (unpaired) electrons. The summed E-state index contributed by atoms with van der Waals surface area (Å²) in [6.07, 6.45) is 3.50. The van der Waals surface area contributed by atoms with Gasteiger partial charge in [-0.1, -0.05) is 6.07 Å². The van der Waals surface area contributed by atoms with Gasteiger partial charge in [0.25, 0.3) is 0 Å². The molecule has 0 bridgehead atoms. The van der Waals surface area contributed by atoms with Gasteiger partial charge in [0, 0.05) is 44.8 Å². The van der Waals surface area contributed by atoms with Gasteiger partial charge in [-0.15, -0.1) is 0 Å². The van der Waals surface area contributed by atoms with E-state index in [1.165, 1.54) is 0 Å². The molecule has 4 heteroatoms. The Hall–Kier alpha value is 0.0834. The maximum absolute atomic E-state index is 7.94. The second-order valence-corrected chi connectivity index (χ2v) is 1.02. The Balaban J connectivity index is 0. The van der Waals surface area contributed by atoms with E-state index in [-0.39, 0.29) is 19.5 Å². The van der Waals surface area contributed by atoms with E-state index in [0.717, 1.165) is 0 Å². The number of pyridine rings is 1. The fraction of sp³-hybridized carbons (Fsp3) is 0. The van der Waals surface area contributed by atoms with Crippen molar-refractivity contribution in [3.8, 4) is 0 Å². The van der Waals surface area contributed by atoms with Crippen molar-refractivity contribution >= 4 is 12.9 Å². The summed E-state index contributed by atoms with van der Waals surface area (Å²) in [5, 5.41) is 0. The van der Waals surface area contributed by atoms with Gasteiger partial charge in [0.1, 0.15) is 0 Å². The second kappa shape index (κ2) is 11.0. The molecule has 0 fully saturated rings. The van der Waals surface area contributed by atoms with E-state index in [2.05, 4.69) is 17.9 Å². The molecule has 0 atom stereocenters. The first kappa shape index (κ1) is 11.8. The van der Waals surface area contributed by atoms with Crippen LogP contribution >= 0.6 is 12.9 Å². The van der Waals surface area contributed by atoms with Gasteiger partial charge >= 0.3 is 0 Å². The molecule has 1 rings (SSSR count). The van der Waals surface area contributed by atoms with Crippen LogP contribution in [0, 0.1) is 0 Å². The van der Waals surface area contributed by atoms with Gasteiger partial charge in [0.15, 0.2) is 0 Å². The van der Waals surface area contributed by atoms with E-state index >= 15 is 0 Å². The monoisotopic (exact) mass is 192 g/mol. The van der Waals surface area contributed by atoms with Gasteiger partial charge < -0.3 is 0 Å². The molecule has 0 saturated carbocycles. The van der Waals surface area contributed by atoms with E-state index in [9.17, 15) is 0 Å². The summed E-state index contributed by atoms with van der Waals surface area (Å²) in [5.74, 6) is 0. The molecular weight excluding hydrogens is 188 g/mol. The van der Waals surface area contributed by atoms with Crippen molar-refractivity contribution in [3.05, 3.63) is 30.6 Å². The van der Waals surface area contributed by atoms with E-state index in [1.807, 2.05) is 18.2 Å². The Morgan fingerprint density at radius 3 is 1.56 bits per heavy atom. The van der Waals surface area contributed by atoms with E-state index in [1.54, 1.807) is 12.4 Å². The summed E-state index contributed by atoms with van der Waals surface area (Å²) in [6.45, 7) is 0. The van der Waals surface area contributed by atoms with Crippen LogP contribution in [0.1, 0.15) is 0 Å². The van der Waals surface area contributed by atoms with Crippen LogP contribution in [0.5, 0.6) is 0 Å². The van der Waals surface area contributed by atoms with Crippen LogP contribution in [-0.2, 0) is 24.0 Å². The van der Waals surface area contributed by atoms with Crippen molar-refractivity contribution < 1.29 is 24.0 Å². The van der Waals surface area contributed by atoms with Crippen LogP contribution in [0.2, 0.25) is 0 Å². The smallest absolute Gasteiger partial charge is 0.0267 e. The number of hydrogen-bond acceptors (Lipinski definition) is 2. The minimum atomic E-state index is 0. The standard InChI is InChI=1S/C5H5N.HOS.Zn/c1-2-4-6-5-3-1;1-2;/h1-5H;2H;. The molecule has 0 unspecified atom stereocenters. The summed E-state index contributed by atoms with van der Waals surface area (Å²) >= 11 is 2.28. The van der Waals surface area contributed by atoms with Crippen molar-refractivity contribution in [1.29, 1.82) is 0 Å². The predicted molar refractivity (Wildman–Crippen MR) is 33.9 cm³/mol. The quantitative estimate of drug-likeness (QED) is 0.377. The van der Waals surface area contributed by atoms with Crippen LogP contribution in [0.4, 0.5) is 0 Å². The van der Waals surface area contributed by atoms with Crippen molar-refractivity contribution in [2.75, 3.05) is 0 Å². The summed E-state index contributed by atoms with van der Waals surface area (Å²) in [5.41, 5.74) is 0. The Morgan fingerprint density at radius 2 is 1.44 bits per heavy atom. The van der Waals surface area contributed by atoms with Gasteiger partial charge in [0.05, 0.1) is 0 Å². The maximum atomic E-state index is 7.94. The van der Waals surface area contributed by atoms with Crippen LogP contribution in [0.15, 0.2) is 30.6 Å². The maximum Gasteiger partial charge on any atom is 0.0267 e. The Kier molecular flexibility index (Phi) is 14.4. The molecule has 0 amide bonds. The van der Waals surface area contributed by atoms with E-state index < -0.39 is 0 Å². The number of thiol groups is 1. The molecular formula is C5H6NOSZn. The number of rotatable bonds is 0. The summed E-state index contributed by atoms with van der Waals surface area (Å²) in [4.78, 5) is 3.78. The molecule has 9 heavy (non-hydrogen) atoms. The van der Waals surface area contributed by atoms with Gasteiger partial charge in [-0.05, 0) is 12.1 Å². The van der Waals surface area contributed by atoms with E-state index in [4.69, 9.17) is 4.55 Å². The van der Waals surface area contributed by atoms with Crippen LogP contribution < -0.4 is 0 Å². The van der Waals surface area contributed by atoms with Gasteiger partial charge in [0.2, 0.25) is 0 Å². The van der Waals surface area contributed by atoms with E-state index in [0.29, 0.717) is 0 Å². The molecule has 1 heterocycles. The van der Waals surface area contributed by atoms with Gasteiger partial charge in [-0.3, -0.25) is 4.98 Å². The van der Waals surface area contributed by atoms with Gasteiger partial charge in [-0.25, -0.2) is 0 Å². The van der Waals surface area contributed by atoms with Crippen LogP contribution in [0.3, 0.4) is 0 Å².